The van der Waals surface area contributed by atoms with Gasteiger partial charge in [-0.25, -0.2) is 17.6 Å². The fraction of sp³-hybridized carbons (Fsp3) is 0.125. The number of hydrogen-bond donors (Lipinski definition) is 5. The van der Waals surface area contributed by atoms with E-state index in [1.165, 1.54) is 0 Å². The number of nitrogens with one attached hydrogen (secondary N) is 2. The highest BCUT2D eigenvalue weighted by molar-refractivity contribution is 7.79. The quantitative estimate of drug-likeness (QED) is 0.0772. The standard InChI is InChI=1S/C24H19F4N4O3S/c1-10(33)23(29)14-3-2-13(21(27)24(14)30)20-16(26)5-6-17(22(20)28)31-32(35,36)18-9-11(25)8-15-12(18)4-7-19(15)34/h2-3,5-6,8-9,29,31,35-36H,4,7,30H2,1H3/q+1. The second-order valence-electron chi connectivity index (χ2n) is 8.19. The lowest BCUT2D eigenvalue weighted by Crippen LogP contribution is -2.42. The first kappa shape index (κ1) is 25.4. The van der Waals surface area contributed by atoms with Crippen molar-refractivity contribution < 1.29 is 32.4 Å². The SMILES string of the molecule is CC(=O)C(=N)c1ccc(-c2c(F)ccc(N[N+](O)(S)c3cc(F)cc4c3CCC4=O)c2F)c(F)c1N. The molecule has 0 aliphatic heterocycles. The van der Waals surface area contributed by atoms with Gasteiger partial charge < -0.3 is 5.73 Å². The fourth-order valence-corrected chi connectivity index (χ4v) is 4.38. The number of hydrogen-bond acceptors (Lipinski definition) is 7. The smallest absolute Gasteiger partial charge is 0.210 e. The monoisotopic (exact) mass is 519 g/mol. The summed E-state index contributed by atoms with van der Waals surface area (Å²) in [6.07, 6.45) is 0.280. The van der Waals surface area contributed by atoms with Gasteiger partial charge in [-0.2, -0.15) is 10.6 Å². The molecule has 7 nitrogen and oxygen atoms in total. The van der Waals surface area contributed by atoms with E-state index in [-0.39, 0.29) is 35.4 Å². The largest absolute Gasteiger partial charge is 0.396 e. The average molecular weight is 520 g/mol. The fourth-order valence-electron chi connectivity index (χ4n) is 4.09. The van der Waals surface area contributed by atoms with Crippen molar-refractivity contribution >= 4 is 47.2 Å². The number of benzene rings is 3. The number of ketones is 2. The number of thiol groups is 1. The summed E-state index contributed by atoms with van der Waals surface area (Å²) in [6.45, 7) is 1.09. The number of quaternary nitrogens is 1. The Hall–Kier alpha value is -3.74. The minimum absolute atomic E-state index is 0.0615. The first-order valence-electron chi connectivity index (χ1n) is 10.5. The molecule has 5 N–H and O–H groups in total. The number of nitrogens with zero attached hydrogens (tertiary/aromatic N) is 1. The molecule has 3 aromatic rings. The summed E-state index contributed by atoms with van der Waals surface area (Å²) in [5.74, 6) is -5.61. The number of rotatable bonds is 6. The molecule has 186 valence electrons. The number of nitrogen functional groups attached to an aromatic ring is 1. The molecular formula is C24H19F4N4O3S+. The van der Waals surface area contributed by atoms with Crippen molar-refractivity contribution in [3.63, 3.8) is 0 Å². The van der Waals surface area contributed by atoms with Crippen molar-refractivity contribution in [2.24, 2.45) is 0 Å². The predicted octanol–water partition coefficient (Wildman–Crippen LogP) is 5.15. The summed E-state index contributed by atoms with van der Waals surface area (Å²) in [6, 6.07) is 5.73. The van der Waals surface area contributed by atoms with Crippen LogP contribution < -0.4 is 15.3 Å². The second kappa shape index (κ2) is 9.04. The third kappa shape index (κ3) is 4.23. The van der Waals surface area contributed by atoms with Crippen LogP contribution in [0, 0.1) is 28.7 Å². The molecule has 0 bridgehead atoms. The van der Waals surface area contributed by atoms with Crippen molar-refractivity contribution in [3.8, 4) is 11.1 Å². The highest BCUT2D eigenvalue weighted by Crippen LogP contribution is 2.39. The number of anilines is 2. The second-order valence-corrected chi connectivity index (χ2v) is 8.77. The highest BCUT2D eigenvalue weighted by Gasteiger charge is 2.37. The molecule has 0 spiro atoms. The van der Waals surface area contributed by atoms with Crippen LogP contribution in [0.2, 0.25) is 0 Å². The van der Waals surface area contributed by atoms with Gasteiger partial charge in [0.1, 0.15) is 35.8 Å². The summed E-state index contributed by atoms with van der Waals surface area (Å²) in [4.78, 5) is 23.5. The van der Waals surface area contributed by atoms with E-state index in [0.717, 1.165) is 43.3 Å². The van der Waals surface area contributed by atoms with Crippen LogP contribution in [0.15, 0.2) is 36.4 Å². The van der Waals surface area contributed by atoms with Crippen molar-refractivity contribution in [1.29, 1.82) is 5.41 Å². The van der Waals surface area contributed by atoms with Gasteiger partial charge in [0.05, 0.1) is 11.3 Å². The Kier molecular flexibility index (Phi) is 6.37. The molecule has 12 heteroatoms. The number of carbonyl (C=O) groups excluding carboxylic acids is 2. The maximum atomic E-state index is 15.5. The average Bonchev–Trinajstić information content (AvgIpc) is 3.18. The zero-order valence-corrected chi connectivity index (χ0v) is 19.5. The van der Waals surface area contributed by atoms with Gasteiger partial charge in [0.25, 0.3) is 0 Å². The van der Waals surface area contributed by atoms with E-state index in [9.17, 15) is 23.6 Å². The van der Waals surface area contributed by atoms with E-state index in [2.05, 4.69) is 18.2 Å². The molecule has 4 rings (SSSR count). The third-order valence-electron chi connectivity index (χ3n) is 5.87. The summed E-state index contributed by atoms with van der Waals surface area (Å²) >= 11 is 4.04. The van der Waals surface area contributed by atoms with Crippen LogP contribution in [-0.4, -0.2) is 22.5 Å². The molecular weight excluding hydrogens is 500 g/mol. The summed E-state index contributed by atoms with van der Waals surface area (Å²) in [7, 11) is 0. The van der Waals surface area contributed by atoms with Gasteiger partial charge in [0.2, 0.25) is 5.69 Å². The zero-order valence-electron chi connectivity index (χ0n) is 18.6. The molecule has 0 saturated carbocycles. The Morgan fingerprint density at radius 1 is 1.08 bits per heavy atom. The maximum absolute atomic E-state index is 15.5. The predicted molar refractivity (Wildman–Crippen MR) is 129 cm³/mol. The summed E-state index contributed by atoms with van der Waals surface area (Å²) in [5, 5.41) is 18.7. The molecule has 0 fully saturated rings. The van der Waals surface area contributed by atoms with Gasteiger partial charge in [-0.05, 0) is 30.7 Å². The van der Waals surface area contributed by atoms with Gasteiger partial charge >= 0.3 is 0 Å². The van der Waals surface area contributed by atoms with Crippen molar-refractivity contribution in [1.82, 2.24) is 4.16 Å². The Labute approximate surface area is 207 Å². The van der Waals surface area contributed by atoms with Crippen LogP contribution in [0.25, 0.3) is 11.1 Å². The molecule has 0 heterocycles. The lowest BCUT2D eigenvalue weighted by Gasteiger charge is -2.25. The van der Waals surface area contributed by atoms with Crippen LogP contribution in [0.1, 0.15) is 34.8 Å². The van der Waals surface area contributed by atoms with E-state index < -0.39 is 61.4 Å². The number of fused-ring (bicyclic) bond motifs is 1. The molecule has 36 heavy (non-hydrogen) atoms. The molecule has 3 aromatic carbocycles. The van der Waals surface area contributed by atoms with Crippen molar-refractivity contribution in [2.75, 3.05) is 11.2 Å². The minimum atomic E-state index is -1.60. The summed E-state index contributed by atoms with van der Waals surface area (Å²) in [5.41, 5.74) is 4.73. The van der Waals surface area contributed by atoms with E-state index in [1.807, 2.05) is 0 Å². The van der Waals surface area contributed by atoms with Gasteiger partial charge in [-0.1, -0.05) is 6.07 Å². The lowest BCUT2D eigenvalue weighted by molar-refractivity contribution is -0.111. The Morgan fingerprint density at radius 3 is 2.44 bits per heavy atom. The van der Waals surface area contributed by atoms with E-state index in [0.29, 0.717) is 5.56 Å². The van der Waals surface area contributed by atoms with Crippen molar-refractivity contribution in [2.45, 2.75) is 19.8 Å². The number of carbonyl (C=O) groups is 2. The highest BCUT2D eigenvalue weighted by atomic mass is 32.1. The molecule has 1 atom stereocenters. The van der Waals surface area contributed by atoms with Crippen molar-refractivity contribution in [3.05, 3.63) is 76.4 Å². The maximum Gasteiger partial charge on any atom is 0.210 e. The first-order valence-corrected chi connectivity index (χ1v) is 10.9. The van der Waals surface area contributed by atoms with E-state index >= 15 is 8.78 Å². The van der Waals surface area contributed by atoms with Crippen LogP contribution in [0.5, 0.6) is 0 Å². The molecule has 0 saturated heterocycles. The summed E-state index contributed by atoms with van der Waals surface area (Å²) < 4.78 is 57.8. The number of Topliss-reactive ketones (excluding diaryl/α,β-unsaturated/α-hetero) is 2. The van der Waals surface area contributed by atoms with Crippen LogP contribution in [-0.2, 0) is 11.2 Å². The van der Waals surface area contributed by atoms with Crippen LogP contribution in [0.4, 0.5) is 34.6 Å². The topological polar surface area (TPSA) is 116 Å². The number of nitrogens with two attached hydrogens (primary N) is 1. The molecule has 0 radical (unpaired) electrons. The van der Waals surface area contributed by atoms with E-state index in [1.54, 1.807) is 0 Å². The lowest BCUT2D eigenvalue weighted by atomic mass is 9.97. The Balaban J connectivity index is 1.79. The first-order chi connectivity index (χ1) is 16.8. The molecule has 1 aliphatic rings. The number of halogens is 4. The molecule has 1 aliphatic carbocycles. The molecule has 0 aromatic heterocycles. The van der Waals surface area contributed by atoms with Gasteiger partial charge in [0, 0.05) is 45.8 Å². The minimum Gasteiger partial charge on any atom is -0.396 e. The Bertz CT molecular complexity index is 1480. The zero-order chi connectivity index (χ0) is 26.5. The van der Waals surface area contributed by atoms with Gasteiger partial charge in [0.15, 0.2) is 23.2 Å². The normalized spacial score (nSPS) is 14.4. The van der Waals surface area contributed by atoms with Crippen LogP contribution >= 0.6 is 12.8 Å². The molecule has 1 unspecified atom stereocenters. The molecule has 0 amide bonds. The Morgan fingerprint density at radius 2 is 1.78 bits per heavy atom. The van der Waals surface area contributed by atoms with Gasteiger partial charge in [-0.3, -0.25) is 15.0 Å². The van der Waals surface area contributed by atoms with E-state index in [4.69, 9.17) is 11.1 Å². The third-order valence-corrected chi connectivity index (χ3v) is 6.18. The van der Waals surface area contributed by atoms with Gasteiger partial charge in [-0.15, -0.1) is 0 Å². The van der Waals surface area contributed by atoms with Crippen LogP contribution in [0.3, 0.4) is 0 Å².